The van der Waals surface area contributed by atoms with E-state index in [4.69, 9.17) is 0 Å². The summed E-state index contributed by atoms with van der Waals surface area (Å²) in [5.74, 6) is 0. The molecule has 0 bridgehead atoms. The third-order valence-corrected chi connectivity index (χ3v) is 9.39. The molecule has 0 aliphatic rings. The predicted molar refractivity (Wildman–Crippen MR) is 156 cm³/mol. The Morgan fingerprint density at radius 2 is 1.11 bits per heavy atom. The molecule has 0 fully saturated rings. The summed E-state index contributed by atoms with van der Waals surface area (Å²) in [5.41, 5.74) is 5.94. The number of nitrogens with zero attached hydrogens (tertiary/aromatic N) is 1. The second kappa shape index (κ2) is 8.84. The van der Waals surface area contributed by atoms with Gasteiger partial charge in [0.25, 0.3) is 0 Å². The average Bonchev–Trinajstić information content (AvgIpc) is 3.33. The summed E-state index contributed by atoms with van der Waals surface area (Å²) >= 11 is 0.314. The molecule has 170 valence electrons. The molecule has 0 saturated heterocycles. The first-order valence-electron chi connectivity index (χ1n) is 12.2. The molecule has 36 heavy (non-hydrogen) atoms. The number of anilines is 3. The topological polar surface area (TPSA) is 3.24 Å². The second-order valence-electron chi connectivity index (χ2n) is 9.03. The van der Waals surface area contributed by atoms with E-state index in [-0.39, 0.29) is 0 Å². The van der Waals surface area contributed by atoms with E-state index in [1.54, 1.807) is 0 Å². The van der Waals surface area contributed by atoms with Gasteiger partial charge in [-0.2, -0.15) is 0 Å². The van der Waals surface area contributed by atoms with Crippen molar-refractivity contribution in [2.24, 2.45) is 0 Å². The third kappa shape index (κ3) is 3.63. The summed E-state index contributed by atoms with van der Waals surface area (Å²) in [6, 6.07) is 50.5. The zero-order valence-corrected chi connectivity index (χ0v) is 21.3. The van der Waals surface area contributed by atoms with Gasteiger partial charge in [0.2, 0.25) is 0 Å². The molecule has 7 aromatic rings. The molecule has 0 aliphatic carbocycles. The van der Waals surface area contributed by atoms with E-state index in [1.807, 2.05) is 0 Å². The summed E-state index contributed by atoms with van der Waals surface area (Å²) in [4.78, 5) is 2.37. The van der Waals surface area contributed by atoms with Crippen molar-refractivity contribution >= 4 is 61.6 Å². The predicted octanol–water partition coefficient (Wildman–Crippen LogP) is 9.34. The van der Waals surface area contributed by atoms with Gasteiger partial charge in [-0.25, -0.2) is 0 Å². The van der Waals surface area contributed by atoms with Crippen LogP contribution in [0.5, 0.6) is 0 Å². The number of benzene rings is 6. The molecule has 0 radical (unpaired) electrons. The molecule has 2 heteroatoms. The number of hydrogen-bond donors (Lipinski definition) is 0. The minimum atomic E-state index is 0.314. The monoisotopic (exact) mass is 525 g/mol. The van der Waals surface area contributed by atoms with Gasteiger partial charge < -0.3 is 0 Å². The fourth-order valence-electron chi connectivity index (χ4n) is 5.11. The normalized spacial score (nSPS) is 11.3. The SMILES string of the molecule is c1ccc(-c2cccc(N(c3ccccc3)c3ccc4[se]c5c6ccccc6ccc5c4c3)c2)cc1. The molecule has 0 unspecified atom stereocenters. The molecular weight excluding hydrogens is 501 g/mol. The van der Waals surface area contributed by atoms with Crippen LogP contribution in [0.1, 0.15) is 0 Å². The Morgan fingerprint density at radius 1 is 0.417 bits per heavy atom. The fraction of sp³-hybridized carbons (Fsp3) is 0. The van der Waals surface area contributed by atoms with Crippen molar-refractivity contribution < 1.29 is 0 Å². The Bertz CT molecular complexity index is 1830. The summed E-state index contributed by atoms with van der Waals surface area (Å²) in [6.07, 6.45) is 0. The van der Waals surface area contributed by atoms with E-state index < -0.39 is 0 Å². The van der Waals surface area contributed by atoms with Crippen LogP contribution in [-0.2, 0) is 0 Å². The van der Waals surface area contributed by atoms with Gasteiger partial charge in [0.05, 0.1) is 0 Å². The summed E-state index contributed by atoms with van der Waals surface area (Å²) in [7, 11) is 0. The molecule has 1 aromatic heterocycles. The van der Waals surface area contributed by atoms with E-state index in [0.29, 0.717) is 14.5 Å². The molecule has 1 heterocycles. The Morgan fingerprint density at radius 3 is 1.97 bits per heavy atom. The van der Waals surface area contributed by atoms with E-state index in [2.05, 4.69) is 144 Å². The van der Waals surface area contributed by atoms with Crippen molar-refractivity contribution in [3.05, 3.63) is 140 Å². The van der Waals surface area contributed by atoms with Crippen molar-refractivity contribution in [3.63, 3.8) is 0 Å². The molecule has 0 N–H and O–H groups in total. The fourth-order valence-corrected chi connectivity index (χ4v) is 7.67. The Hall–Kier alpha value is -4.10. The number of para-hydroxylation sites is 1. The first-order chi connectivity index (χ1) is 17.8. The number of hydrogen-bond acceptors (Lipinski definition) is 1. The van der Waals surface area contributed by atoms with Crippen molar-refractivity contribution in [3.8, 4) is 11.1 Å². The van der Waals surface area contributed by atoms with Gasteiger partial charge in [-0.3, -0.25) is 0 Å². The van der Waals surface area contributed by atoms with Crippen molar-refractivity contribution in [1.29, 1.82) is 0 Å². The Kier molecular flexibility index (Phi) is 5.21. The van der Waals surface area contributed by atoms with E-state index >= 15 is 0 Å². The van der Waals surface area contributed by atoms with Crippen molar-refractivity contribution in [2.75, 3.05) is 4.90 Å². The first kappa shape index (κ1) is 21.2. The molecule has 0 saturated carbocycles. The molecule has 1 nitrogen and oxygen atoms in total. The van der Waals surface area contributed by atoms with E-state index in [1.165, 1.54) is 46.9 Å². The van der Waals surface area contributed by atoms with Gasteiger partial charge in [-0.05, 0) is 0 Å². The second-order valence-corrected chi connectivity index (χ2v) is 11.2. The molecule has 0 aliphatic heterocycles. The zero-order valence-electron chi connectivity index (χ0n) is 19.6. The molecule has 7 rings (SSSR count). The van der Waals surface area contributed by atoms with Crippen LogP contribution >= 0.6 is 0 Å². The van der Waals surface area contributed by atoms with Gasteiger partial charge >= 0.3 is 217 Å². The molecule has 0 amide bonds. The third-order valence-electron chi connectivity index (χ3n) is 6.83. The van der Waals surface area contributed by atoms with Gasteiger partial charge in [-0.15, -0.1) is 0 Å². The van der Waals surface area contributed by atoms with Crippen LogP contribution < -0.4 is 4.90 Å². The molecule has 0 spiro atoms. The van der Waals surface area contributed by atoms with E-state index in [9.17, 15) is 0 Å². The van der Waals surface area contributed by atoms with Crippen LogP contribution in [0, 0.1) is 0 Å². The van der Waals surface area contributed by atoms with Crippen LogP contribution in [0.15, 0.2) is 140 Å². The zero-order chi connectivity index (χ0) is 23.9. The molecule has 6 aromatic carbocycles. The van der Waals surface area contributed by atoms with Crippen LogP contribution in [0.4, 0.5) is 17.1 Å². The summed E-state index contributed by atoms with van der Waals surface area (Å²) in [6.45, 7) is 0. The van der Waals surface area contributed by atoms with Gasteiger partial charge in [0, 0.05) is 0 Å². The van der Waals surface area contributed by atoms with Crippen LogP contribution in [0.25, 0.3) is 41.2 Å². The minimum absolute atomic E-state index is 0.314. The van der Waals surface area contributed by atoms with Crippen LogP contribution in [0.3, 0.4) is 0 Å². The molecular formula is C34H23NSe. The van der Waals surface area contributed by atoms with Gasteiger partial charge in [0.15, 0.2) is 0 Å². The average molecular weight is 525 g/mol. The van der Waals surface area contributed by atoms with Gasteiger partial charge in [0.1, 0.15) is 0 Å². The van der Waals surface area contributed by atoms with Gasteiger partial charge in [-0.1, -0.05) is 0 Å². The summed E-state index contributed by atoms with van der Waals surface area (Å²) in [5, 5.41) is 5.48. The first-order valence-corrected chi connectivity index (χ1v) is 13.9. The van der Waals surface area contributed by atoms with Crippen molar-refractivity contribution in [1.82, 2.24) is 0 Å². The standard InChI is InChI=1S/C34H23NSe/c1-3-10-24(11-4-1)26-13-9-16-28(22-26)35(27-14-5-2-6-15-27)29-19-21-33-32(23-29)31-20-18-25-12-7-8-17-30(25)34(31)36-33/h1-23H. The number of fused-ring (bicyclic) bond motifs is 5. The van der Waals surface area contributed by atoms with Crippen LogP contribution in [-0.4, -0.2) is 14.5 Å². The van der Waals surface area contributed by atoms with Crippen molar-refractivity contribution in [2.45, 2.75) is 0 Å². The van der Waals surface area contributed by atoms with E-state index in [0.717, 1.165) is 11.4 Å². The summed E-state index contributed by atoms with van der Waals surface area (Å²) < 4.78 is 2.97. The maximum atomic E-state index is 2.39. The Balaban J connectivity index is 1.43. The van der Waals surface area contributed by atoms with Crippen LogP contribution in [0.2, 0.25) is 0 Å². The molecule has 0 atom stereocenters. The number of rotatable bonds is 4. The maximum absolute atomic E-state index is 2.39. The quantitative estimate of drug-likeness (QED) is 0.207. The Labute approximate surface area is 216 Å².